The Bertz CT molecular complexity index is 668. The first-order valence-electron chi connectivity index (χ1n) is 6.35. The Kier molecular flexibility index (Phi) is 3.73. The second-order valence-corrected chi connectivity index (χ2v) is 6.12. The Morgan fingerprint density at radius 3 is 2.55 bits per heavy atom. The molecule has 0 unspecified atom stereocenters. The topological polar surface area (TPSA) is 40.5 Å². The van der Waals surface area contributed by atoms with Gasteiger partial charge in [-0.1, -0.05) is 0 Å². The van der Waals surface area contributed by atoms with E-state index in [-0.39, 0.29) is 0 Å². The normalized spacial score (nSPS) is 11.7. The molecule has 0 saturated carbocycles. The van der Waals surface area contributed by atoms with Crippen LogP contribution in [0, 0.1) is 6.92 Å². The quantitative estimate of drug-likeness (QED) is 0.807. The number of carbonyl (C=O) groups excluding carboxylic acids is 1. The van der Waals surface area contributed by atoms with Gasteiger partial charge in [-0.05, 0) is 45.4 Å². The van der Waals surface area contributed by atoms with Gasteiger partial charge in [-0.2, -0.15) is 0 Å². The highest BCUT2D eigenvalue weighted by molar-refractivity contribution is 7.80. The lowest BCUT2D eigenvalue weighted by molar-refractivity contribution is 0.0544. The Morgan fingerprint density at radius 2 is 2.00 bits per heavy atom. The summed E-state index contributed by atoms with van der Waals surface area (Å²) in [6.45, 7) is 7.46. The Labute approximate surface area is 124 Å². The van der Waals surface area contributed by atoms with E-state index in [0.717, 1.165) is 21.4 Å². The van der Waals surface area contributed by atoms with Crippen LogP contribution in [0.5, 0.6) is 5.75 Å². The molecule has 0 aliphatic heterocycles. The summed E-state index contributed by atoms with van der Waals surface area (Å²) in [5, 5.41) is 0.871. The van der Waals surface area contributed by atoms with Gasteiger partial charge in [-0.25, -0.2) is 4.79 Å². The molecule has 4 nitrogen and oxygen atoms in total. The van der Waals surface area contributed by atoms with Crippen molar-refractivity contribution in [1.29, 1.82) is 0 Å². The summed E-state index contributed by atoms with van der Waals surface area (Å²) >= 11 is 4.47. The second kappa shape index (κ2) is 5.05. The van der Waals surface area contributed by atoms with Crippen LogP contribution in [0.15, 0.2) is 23.2 Å². The first-order valence-corrected chi connectivity index (χ1v) is 6.80. The lowest BCUT2D eigenvalue weighted by Gasteiger charge is -2.20. The molecule has 0 amide bonds. The first kappa shape index (κ1) is 14.8. The SMILES string of the molecule is COc1cc(C)c2c(ccn2C(=O)OC(C)(C)C)c1S. The van der Waals surface area contributed by atoms with Gasteiger partial charge in [0.25, 0.3) is 0 Å². The summed E-state index contributed by atoms with van der Waals surface area (Å²) in [5.74, 6) is 0.695. The predicted molar refractivity (Wildman–Crippen MR) is 82.1 cm³/mol. The molecule has 0 spiro atoms. The van der Waals surface area contributed by atoms with E-state index in [1.54, 1.807) is 13.3 Å². The monoisotopic (exact) mass is 293 g/mol. The van der Waals surface area contributed by atoms with Crippen LogP contribution < -0.4 is 4.74 Å². The molecule has 5 heteroatoms. The van der Waals surface area contributed by atoms with Crippen molar-refractivity contribution < 1.29 is 14.3 Å². The summed E-state index contributed by atoms with van der Waals surface area (Å²) in [7, 11) is 1.60. The van der Waals surface area contributed by atoms with Crippen molar-refractivity contribution in [3.63, 3.8) is 0 Å². The van der Waals surface area contributed by atoms with Crippen LogP contribution in [0.2, 0.25) is 0 Å². The molecule has 0 atom stereocenters. The highest BCUT2D eigenvalue weighted by atomic mass is 32.1. The summed E-state index contributed by atoms with van der Waals surface area (Å²) in [5.41, 5.74) is 1.20. The van der Waals surface area contributed by atoms with Gasteiger partial charge < -0.3 is 9.47 Å². The highest BCUT2D eigenvalue weighted by Gasteiger charge is 2.21. The van der Waals surface area contributed by atoms with Crippen LogP contribution in [0.25, 0.3) is 10.9 Å². The van der Waals surface area contributed by atoms with Crippen molar-refractivity contribution in [1.82, 2.24) is 4.57 Å². The van der Waals surface area contributed by atoms with E-state index >= 15 is 0 Å². The third-order valence-electron chi connectivity index (χ3n) is 2.91. The fraction of sp³-hybridized carbons (Fsp3) is 0.400. The maximum atomic E-state index is 12.2. The number of benzene rings is 1. The van der Waals surface area contributed by atoms with E-state index in [1.807, 2.05) is 39.8 Å². The molecule has 0 bridgehead atoms. The molecule has 0 fully saturated rings. The third kappa shape index (κ3) is 2.63. The predicted octanol–water partition coefficient (Wildman–Crippen LogP) is 4.03. The molecule has 0 aliphatic carbocycles. The summed E-state index contributed by atoms with van der Waals surface area (Å²) < 4.78 is 12.2. The molecule has 1 heterocycles. The molecule has 0 N–H and O–H groups in total. The summed E-state index contributed by atoms with van der Waals surface area (Å²) in [6.07, 6.45) is 1.30. The molecule has 2 aromatic rings. The minimum atomic E-state index is -0.530. The van der Waals surface area contributed by atoms with Crippen molar-refractivity contribution >= 4 is 29.6 Å². The van der Waals surface area contributed by atoms with Crippen LogP contribution >= 0.6 is 12.6 Å². The number of aryl methyl sites for hydroxylation is 1. The minimum Gasteiger partial charge on any atom is -0.496 e. The van der Waals surface area contributed by atoms with Gasteiger partial charge in [0.05, 0.1) is 17.5 Å². The molecule has 2 rings (SSSR count). The van der Waals surface area contributed by atoms with E-state index in [2.05, 4.69) is 12.6 Å². The van der Waals surface area contributed by atoms with Crippen LogP contribution in [0.1, 0.15) is 26.3 Å². The van der Waals surface area contributed by atoms with Crippen LogP contribution in [-0.4, -0.2) is 23.4 Å². The van der Waals surface area contributed by atoms with E-state index in [9.17, 15) is 4.79 Å². The van der Waals surface area contributed by atoms with Crippen LogP contribution in [0.3, 0.4) is 0 Å². The fourth-order valence-electron chi connectivity index (χ4n) is 2.11. The number of fused-ring (bicyclic) bond motifs is 1. The van der Waals surface area contributed by atoms with Crippen molar-refractivity contribution in [3.8, 4) is 5.75 Å². The molecule has 0 saturated heterocycles. The van der Waals surface area contributed by atoms with E-state index in [4.69, 9.17) is 9.47 Å². The number of methoxy groups -OCH3 is 1. The van der Waals surface area contributed by atoms with Crippen molar-refractivity contribution in [2.24, 2.45) is 0 Å². The molecule has 0 aliphatic rings. The number of thiol groups is 1. The number of hydrogen-bond donors (Lipinski definition) is 1. The molecular weight excluding hydrogens is 274 g/mol. The number of ether oxygens (including phenoxy) is 2. The molecule has 20 heavy (non-hydrogen) atoms. The average Bonchev–Trinajstić information content (AvgIpc) is 2.77. The molecule has 1 aromatic heterocycles. The zero-order valence-electron chi connectivity index (χ0n) is 12.4. The van der Waals surface area contributed by atoms with Gasteiger partial charge in [0.15, 0.2) is 0 Å². The summed E-state index contributed by atoms with van der Waals surface area (Å²) in [4.78, 5) is 13.0. The second-order valence-electron chi connectivity index (χ2n) is 5.67. The van der Waals surface area contributed by atoms with E-state index in [0.29, 0.717) is 5.75 Å². The van der Waals surface area contributed by atoms with Gasteiger partial charge in [0, 0.05) is 11.6 Å². The van der Waals surface area contributed by atoms with Crippen LogP contribution in [-0.2, 0) is 4.74 Å². The number of aromatic nitrogens is 1. The third-order valence-corrected chi connectivity index (χ3v) is 3.37. The Morgan fingerprint density at radius 1 is 1.35 bits per heavy atom. The van der Waals surface area contributed by atoms with Gasteiger partial charge in [-0.3, -0.25) is 4.57 Å². The minimum absolute atomic E-state index is 0.395. The van der Waals surface area contributed by atoms with Crippen molar-refractivity contribution in [3.05, 3.63) is 23.9 Å². The van der Waals surface area contributed by atoms with Gasteiger partial charge in [0.2, 0.25) is 0 Å². The maximum absolute atomic E-state index is 12.2. The lowest BCUT2D eigenvalue weighted by atomic mass is 10.1. The molecule has 0 radical (unpaired) electrons. The fourth-order valence-corrected chi connectivity index (χ4v) is 2.45. The smallest absolute Gasteiger partial charge is 0.419 e. The first-order chi connectivity index (χ1) is 9.24. The van der Waals surface area contributed by atoms with E-state index in [1.165, 1.54) is 4.57 Å². The number of hydrogen-bond acceptors (Lipinski definition) is 4. The van der Waals surface area contributed by atoms with Gasteiger partial charge >= 0.3 is 6.09 Å². The molecular formula is C15H19NO3S. The van der Waals surface area contributed by atoms with Gasteiger partial charge in [0.1, 0.15) is 11.4 Å². The summed E-state index contributed by atoms with van der Waals surface area (Å²) in [6, 6.07) is 3.71. The largest absolute Gasteiger partial charge is 0.496 e. The zero-order valence-corrected chi connectivity index (χ0v) is 13.2. The Hall–Kier alpha value is -1.62. The molecule has 1 aromatic carbocycles. The highest BCUT2D eigenvalue weighted by Crippen LogP contribution is 2.34. The number of nitrogens with zero attached hydrogens (tertiary/aromatic N) is 1. The standard InChI is InChI=1S/C15H19NO3S/c1-9-8-11(18-5)13(20)10-6-7-16(12(9)10)14(17)19-15(2,3)4/h6-8,20H,1-5H3. The van der Waals surface area contributed by atoms with E-state index < -0.39 is 11.7 Å². The maximum Gasteiger partial charge on any atom is 0.419 e. The average molecular weight is 293 g/mol. The lowest BCUT2D eigenvalue weighted by Crippen LogP contribution is -2.26. The Balaban J connectivity index is 2.58. The van der Waals surface area contributed by atoms with Crippen LogP contribution in [0.4, 0.5) is 4.79 Å². The van der Waals surface area contributed by atoms with Crippen molar-refractivity contribution in [2.45, 2.75) is 38.2 Å². The zero-order chi connectivity index (χ0) is 15.1. The van der Waals surface area contributed by atoms with Crippen molar-refractivity contribution in [2.75, 3.05) is 7.11 Å². The van der Waals surface area contributed by atoms with Gasteiger partial charge in [-0.15, -0.1) is 12.6 Å². The molecule has 108 valence electrons. The number of rotatable bonds is 1. The number of carbonyl (C=O) groups is 1.